The molecule has 0 radical (unpaired) electrons. The standard InChI is InChI=1S/C14H19N3S2/c1-14(2,3)15-9-12-16-17-13(19-12)10-7-5-6-8-11(10)18-4/h5-8,15H,9H2,1-4H3. The summed E-state index contributed by atoms with van der Waals surface area (Å²) >= 11 is 3.40. The number of thioether (sulfide) groups is 1. The second kappa shape index (κ2) is 6.03. The summed E-state index contributed by atoms with van der Waals surface area (Å²) in [5.74, 6) is 0. The summed E-state index contributed by atoms with van der Waals surface area (Å²) in [6.07, 6.45) is 2.09. The lowest BCUT2D eigenvalue weighted by Crippen LogP contribution is -2.35. The van der Waals surface area contributed by atoms with E-state index in [0.717, 1.165) is 16.6 Å². The molecular weight excluding hydrogens is 274 g/mol. The minimum atomic E-state index is 0.100. The number of nitrogens with zero attached hydrogens (tertiary/aromatic N) is 2. The predicted octanol–water partition coefficient (Wildman–Crippen LogP) is 3.82. The van der Waals surface area contributed by atoms with Gasteiger partial charge >= 0.3 is 0 Å². The van der Waals surface area contributed by atoms with Crippen LogP contribution in [0.15, 0.2) is 29.2 Å². The quantitative estimate of drug-likeness (QED) is 0.870. The van der Waals surface area contributed by atoms with Crippen LogP contribution in [0.1, 0.15) is 25.8 Å². The van der Waals surface area contributed by atoms with Crippen molar-refractivity contribution in [3.05, 3.63) is 29.3 Å². The molecule has 0 aliphatic carbocycles. The first-order chi connectivity index (χ1) is 8.99. The van der Waals surface area contributed by atoms with E-state index in [4.69, 9.17) is 0 Å². The highest BCUT2D eigenvalue weighted by Crippen LogP contribution is 2.31. The Labute approximate surface area is 122 Å². The molecular formula is C14H19N3S2. The highest BCUT2D eigenvalue weighted by molar-refractivity contribution is 7.98. The van der Waals surface area contributed by atoms with Crippen molar-refractivity contribution in [3.63, 3.8) is 0 Å². The van der Waals surface area contributed by atoms with E-state index in [9.17, 15) is 0 Å². The van der Waals surface area contributed by atoms with Gasteiger partial charge in [-0.1, -0.05) is 29.5 Å². The third-order valence-electron chi connectivity index (χ3n) is 2.57. The van der Waals surface area contributed by atoms with Gasteiger partial charge in [0.1, 0.15) is 10.0 Å². The van der Waals surface area contributed by atoms with Gasteiger partial charge in [-0.25, -0.2) is 0 Å². The van der Waals surface area contributed by atoms with Gasteiger partial charge in [-0.15, -0.1) is 22.0 Å². The Hall–Kier alpha value is -0.910. The topological polar surface area (TPSA) is 37.8 Å². The van der Waals surface area contributed by atoms with Crippen molar-refractivity contribution in [1.82, 2.24) is 15.5 Å². The van der Waals surface area contributed by atoms with Crippen molar-refractivity contribution in [1.29, 1.82) is 0 Å². The second-order valence-electron chi connectivity index (χ2n) is 5.30. The Morgan fingerprint density at radius 1 is 1.21 bits per heavy atom. The number of hydrogen-bond acceptors (Lipinski definition) is 5. The lowest BCUT2D eigenvalue weighted by atomic mass is 10.1. The van der Waals surface area contributed by atoms with Gasteiger partial charge in [-0.3, -0.25) is 0 Å². The van der Waals surface area contributed by atoms with Crippen LogP contribution in [0.25, 0.3) is 10.6 Å². The Bertz CT molecular complexity index is 544. The average molecular weight is 293 g/mol. The molecule has 19 heavy (non-hydrogen) atoms. The summed E-state index contributed by atoms with van der Waals surface area (Å²) in [7, 11) is 0. The van der Waals surface area contributed by atoms with E-state index in [2.05, 4.69) is 60.7 Å². The summed E-state index contributed by atoms with van der Waals surface area (Å²) in [5, 5.41) is 14.0. The van der Waals surface area contributed by atoms with E-state index < -0.39 is 0 Å². The van der Waals surface area contributed by atoms with E-state index in [0.29, 0.717) is 0 Å². The predicted molar refractivity (Wildman–Crippen MR) is 83.7 cm³/mol. The maximum atomic E-state index is 4.31. The minimum Gasteiger partial charge on any atom is -0.306 e. The normalized spacial score (nSPS) is 11.8. The Balaban J connectivity index is 2.17. The largest absolute Gasteiger partial charge is 0.306 e. The number of rotatable bonds is 4. The van der Waals surface area contributed by atoms with Crippen LogP contribution >= 0.6 is 23.1 Å². The fourth-order valence-corrected chi connectivity index (χ4v) is 3.08. The minimum absolute atomic E-state index is 0.100. The lowest BCUT2D eigenvalue weighted by molar-refractivity contribution is 0.423. The maximum absolute atomic E-state index is 4.31. The van der Waals surface area contributed by atoms with Crippen LogP contribution in [-0.2, 0) is 6.54 Å². The molecule has 0 saturated carbocycles. The maximum Gasteiger partial charge on any atom is 0.148 e. The molecule has 0 fully saturated rings. The third kappa shape index (κ3) is 4.03. The zero-order valence-electron chi connectivity index (χ0n) is 11.7. The molecule has 1 aromatic heterocycles. The van der Waals surface area contributed by atoms with Gasteiger partial charge in [0, 0.05) is 16.0 Å². The highest BCUT2D eigenvalue weighted by atomic mass is 32.2. The summed E-state index contributed by atoms with van der Waals surface area (Å²) < 4.78 is 0. The van der Waals surface area contributed by atoms with Crippen molar-refractivity contribution >= 4 is 23.1 Å². The van der Waals surface area contributed by atoms with Crippen molar-refractivity contribution in [3.8, 4) is 10.6 Å². The van der Waals surface area contributed by atoms with Gasteiger partial charge < -0.3 is 5.32 Å². The molecule has 0 spiro atoms. The number of hydrogen-bond donors (Lipinski definition) is 1. The SMILES string of the molecule is CSc1ccccc1-c1nnc(CNC(C)(C)C)s1. The fourth-order valence-electron chi connectivity index (χ4n) is 1.60. The van der Waals surface area contributed by atoms with Crippen LogP contribution in [0, 0.1) is 0 Å². The third-order valence-corrected chi connectivity index (χ3v) is 4.33. The molecule has 1 aromatic carbocycles. The zero-order valence-corrected chi connectivity index (χ0v) is 13.4. The Morgan fingerprint density at radius 3 is 2.63 bits per heavy atom. The molecule has 2 rings (SSSR count). The first kappa shape index (κ1) is 14.5. The van der Waals surface area contributed by atoms with E-state index in [1.807, 2.05) is 6.07 Å². The molecule has 5 heteroatoms. The molecule has 0 aliphatic heterocycles. The van der Waals surface area contributed by atoms with E-state index in [-0.39, 0.29) is 5.54 Å². The van der Waals surface area contributed by atoms with Crippen LogP contribution in [0.3, 0.4) is 0 Å². The Kier molecular flexibility index (Phi) is 4.60. The van der Waals surface area contributed by atoms with Crippen molar-refractivity contribution in [2.24, 2.45) is 0 Å². The van der Waals surface area contributed by atoms with Crippen molar-refractivity contribution in [2.75, 3.05) is 6.26 Å². The van der Waals surface area contributed by atoms with Gasteiger partial charge in [0.15, 0.2) is 0 Å². The van der Waals surface area contributed by atoms with Crippen molar-refractivity contribution in [2.45, 2.75) is 37.8 Å². The molecule has 0 amide bonds. The fraction of sp³-hybridized carbons (Fsp3) is 0.429. The molecule has 0 unspecified atom stereocenters. The van der Waals surface area contributed by atoms with Crippen LogP contribution in [0.2, 0.25) is 0 Å². The summed E-state index contributed by atoms with van der Waals surface area (Å²) in [5.41, 5.74) is 1.28. The molecule has 1 heterocycles. The van der Waals surface area contributed by atoms with Gasteiger partial charge in [-0.2, -0.15) is 0 Å². The first-order valence-corrected chi connectivity index (χ1v) is 8.24. The summed E-state index contributed by atoms with van der Waals surface area (Å²) in [6, 6.07) is 8.32. The number of aromatic nitrogens is 2. The molecule has 2 aromatic rings. The van der Waals surface area contributed by atoms with Crippen LogP contribution in [0.5, 0.6) is 0 Å². The molecule has 0 bridgehead atoms. The smallest absolute Gasteiger partial charge is 0.148 e. The van der Waals surface area contributed by atoms with E-state index in [1.165, 1.54) is 10.5 Å². The lowest BCUT2D eigenvalue weighted by Gasteiger charge is -2.19. The average Bonchev–Trinajstić information content (AvgIpc) is 2.84. The Morgan fingerprint density at radius 2 is 1.95 bits per heavy atom. The molecule has 0 saturated heterocycles. The highest BCUT2D eigenvalue weighted by Gasteiger charge is 2.13. The molecule has 102 valence electrons. The van der Waals surface area contributed by atoms with Crippen LogP contribution < -0.4 is 5.32 Å². The second-order valence-corrected chi connectivity index (χ2v) is 7.21. The summed E-state index contributed by atoms with van der Waals surface area (Å²) in [6.45, 7) is 7.22. The van der Waals surface area contributed by atoms with Crippen LogP contribution in [0.4, 0.5) is 0 Å². The zero-order chi connectivity index (χ0) is 13.9. The molecule has 1 N–H and O–H groups in total. The van der Waals surface area contributed by atoms with Gasteiger partial charge in [0.25, 0.3) is 0 Å². The van der Waals surface area contributed by atoms with Crippen molar-refractivity contribution < 1.29 is 0 Å². The molecule has 0 aliphatic rings. The summed E-state index contributed by atoms with van der Waals surface area (Å²) in [4.78, 5) is 1.24. The van der Waals surface area contributed by atoms with E-state index in [1.54, 1.807) is 23.1 Å². The molecule has 0 atom stereocenters. The van der Waals surface area contributed by atoms with Gasteiger partial charge in [0.2, 0.25) is 0 Å². The van der Waals surface area contributed by atoms with Gasteiger partial charge in [0.05, 0.1) is 6.54 Å². The first-order valence-electron chi connectivity index (χ1n) is 6.20. The van der Waals surface area contributed by atoms with Gasteiger partial charge in [-0.05, 0) is 33.1 Å². The van der Waals surface area contributed by atoms with E-state index >= 15 is 0 Å². The monoisotopic (exact) mass is 293 g/mol. The van der Waals surface area contributed by atoms with Crippen LogP contribution in [-0.4, -0.2) is 22.0 Å². The number of nitrogens with one attached hydrogen (secondary N) is 1. The molecule has 3 nitrogen and oxygen atoms in total. The number of benzene rings is 1.